The van der Waals surface area contributed by atoms with Crippen molar-refractivity contribution in [2.75, 3.05) is 13.7 Å². The first-order valence-electron chi connectivity index (χ1n) is 6.95. The molecule has 120 valence electrons. The first-order valence-corrected chi connectivity index (χ1v) is 8.12. The van der Waals surface area contributed by atoms with Crippen LogP contribution >= 0.6 is 27.5 Å². The van der Waals surface area contributed by atoms with E-state index in [4.69, 9.17) is 21.1 Å². The molecular formula is C15H17BrClNO4. The number of halogens is 2. The van der Waals surface area contributed by atoms with Gasteiger partial charge in [-0.05, 0) is 36.6 Å². The van der Waals surface area contributed by atoms with E-state index >= 15 is 0 Å². The number of carbonyl (C=O) groups excluding carboxylic acids is 2. The summed E-state index contributed by atoms with van der Waals surface area (Å²) in [6, 6.07) is 4.51. The molecule has 1 aromatic carbocycles. The monoisotopic (exact) mass is 389 g/mol. The largest absolute Gasteiger partial charge is 0.467 e. The van der Waals surface area contributed by atoms with Gasteiger partial charge >= 0.3 is 5.97 Å². The van der Waals surface area contributed by atoms with Crippen LogP contribution in [0.1, 0.15) is 18.4 Å². The Morgan fingerprint density at radius 3 is 2.95 bits per heavy atom. The molecule has 0 aliphatic carbocycles. The molecule has 1 saturated heterocycles. The summed E-state index contributed by atoms with van der Waals surface area (Å²) in [6.45, 7) is 0.570. The third-order valence-electron chi connectivity index (χ3n) is 3.46. The van der Waals surface area contributed by atoms with Gasteiger partial charge in [-0.15, -0.1) is 0 Å². The number of benzene rings is 1. The normalized spacial score (nSPS) is 18.8. The predicted octanol–water partition coefficient (Wildman–Crippen LogP) is 2.48. The molecule has 0 spiro atoms. The number of methoxy groups -OCH3 is 1. The minimum Gasteiger partial charge on any atom is -0.467 e. The Balaban J connectivity index is 2.10. The smallest absolute Gasteiger partial charge is 0.328 e. The van der Waals surface area contributed by atoms with E-state index < -0.39 is 18.1 Å². The predicted molar refractivity (Wildman–Crippen MR) is 85.8 cm³/mol. The van der Waals surface area contributed by atoms with Gasteiger partial charge in [-0.25, -0.2) is 4.79 Å². The maximum atomic E-state index is 12.1. The average molecular weight is 391 g/mol. The van der Waals surface area contributed by atoms with Gasteiger partial charge < -0.3 is 14.8 Å². The van der Waals surface area contributed by atoms with E-state index in [2.05, 4.69) is 21.2 Å². The Morgan fingerprint density at radius 1 is 1.55 bits per heavy atom. The van der Waals surface area contributed by atoms with Gasteiger partial charge in [-0.2, -0.15) is 0 Å². The van der Waals surface area contributed by atoms with E-state index in [9.17, 15) is 9.59 Å². The molecule has 1 aromatic rings. The maximum absolute atomic E-state index is 12.1. The molecule has 22 heavy (non-hydrogen) atoms. The van der Waals surface area contributed by atoms with Crippen molar-refractivity contribution in [1.82, 2.24) is 5.32 Å². The number of carbonyl (C=O) groups is 2. The van der Waals surface area contributed by atoms with Crippen LogP contribution in [0.4, 0.5) is 0 Å². The van der Waals surface area contributed by atoms with E-state index in [1.165, 1.54) is 7.11 Å². The zero-order chi connectivity index (χ0) is 16.1. The first-order chi connectivity index (χ1) is 10.5. The van der Waals surface area contributed by atoms with Crippen molar-refractivity contribution in [2.45, 2.75) is 31.4 Å². The summed E-state index contributed by atoms with van der Waals surface area (Å²) in [5.74, 6) is -0.788. The quantitative estimate of drug-likeness (QED) is 0.785. The van der Waals surface area contributed by atoms with Gasteiger partial charge in [0.1, 0.15) is 12.1 Å². The number of hydrogen-bond donors (Lipinski definition) is 1. The van der Waals surface area contributed by atoms with Crippen molar-refractivity contribution in [3.63, 3.8) is 0 Å². The molecule has 1 fully saturated rings. The number of hydrogen-bond acceptors (Lipinski definition) is 4. The molecule has 1 amide bonds. The molecule has 0 bridgehead atoms. The van der Waals surface area contributed by atoms with Gasteiger partial charge in [0.25, 0.3) is 0 Å². The van der Waals surface area contributed by atoms with Crippen LogP contribution in [0.3, 0.4) is 0 Å². The molecular weight excluding hydrogens is 374 g/mol. The minimum absolute atomic E-state index is 0.284. The summed E-state index contributed by atoms with van der Waals surface area (Å²) in [6.07, 6.45) is 1.31. The highest BCUT2D eigenvalue weighted by molar-refractivity contribution is 9.10. The Morgan fingerprint density at radius 2 is 2.32 bits per heavy atom. The lowest BCUT2D eigenvalue weighted by Crippen LogP contribution is -2.47. The van der Waals surface area contributed by atoms with Crippen molar-refractivity contribution in [3.8, 4) is 0 Å². The summed E-state index contributed by atoms with van der Waals surface area (Å²) in [5, 5.41) is 3.26. The zero-order valence-corrected chi connectivity index (χ0v) is 14.4. The summed E-state index contributed by atoms with van der Waals surface area (Å²) < 4.78 is 10.9. The van der Waals surface area contributed by atoms with Crippen LogP contribution in [0, 0.1) is 0 Å². The summed E-state index contributed by atoms with van der Waals surface area (Å²) >= 11 is 9.39. The van der Waals surface area contributed by atoms with Crippen LogP contribution in [0.2, 0.25) is 5.02 Å². The van der Waals surface area contributed by atoms with Gasteiger partial charge in [0.15, 0.2) is 0 Å². The second-order valence-corrected chi connectivity index (χ2v) is 6.32. The number of nitrogens with one attached hydrogen (secondary N) is 1. The first kappa shape index (κ1) is 17.2. The number of amides is 1. The molecule has 1 aliphatic heterocycles. The van der Waals surface area contributed by atoms with Crippen LogP contribution in [-0.4, -0.2) is 37.7 Å². The molecule has 2 atom stereocenters. The molecule has 1 heterocycles. The molecule has 0 radical (unpaired) electrons. The third-order valence-corrected chi connectivity index (χ3v) is 4.46. The van der Waals surface area contributed by atoms with E-state index in [-0.39, 0.29) is 12.3 Å². The van der Waals surface area contributed by atoms with Crippen LogP contribution in [0.25, 0.3) is 0 Å². The molecule has 2 rings (SSSR count). The van der Waals surface area contributed by atoms with E-state index in [1.807, 2.05) is 0 Å². The highest BCUT2D eigenvalue weighted by Crippen LogP contribution is 2.23. The lowest BCUT2D eigenvalue weighted by Gasteiger charge is -2.19. The highest BCUT2D eigenvalue weighted by Gasteiger charge is 2.29. The second kappa shape index (κ2) is 7.94. The van der Waals surface area contributed by atoms with Crippen molar-refractivity contribution < 1.29 is 19.1 Å². The number of esters is 1. The molecule has 7 heteroatoms. The van der Waals surface area contributed by atoms with E-state index in [0.29, 0.717) is 18.1 Å². The lowest BCUT2D eigenvalue weighted by atomic mass is 10.1. The second-order valence-electron chi connectivity index (χ2n) is 5.03. The average Bonchev–Trinajstić information content (AvgIpc) is 3.03. The van der Waals surface area contributed by atoms with Crippen LogP contribution in [-0.2, 0) is 25.5 Å². The van der Waals surface area contributed by atoms with Crippen molar-refractivity contribution >= 4 is 39.4 Å². The van der Waals surface area contributed by atoms with Crippen molar-refractivity contribution in [1.29, 1.82) is 0 Å². The van der Waals surface area contributed by atoms with Gasteiger partial charge in [-0.1, -0.05) is 27.5 Å². The molecule has 1 N–H and O–H groups in total. The Hall–Kier alpha value is -1.11. The Kier molecular flexibility index (Phi) is 6.23. The Labute approximate surface area is 142 Å². The maximum Gasteiger partial charge on any atom is 0.328 e. The van der Waals surface area contributed by atoms with Gasteiger partial charge in [0.2, 0.25) is 5.91 Å². The van der Waals surface area contributed by atoms with Crippen molar-refractivity contribution in [2.24, 2.45) is 0 Å². The summed E-state index contributed by atoms with van der Waals surface area (Å²) in [4.78, 5) is 24.1. The van der Waals surface area contributed by atoms with Crippen LogP contribution in [0.5, 0.6) is 0 Å². The fraction of sp³-hybridized carbons (Fsp3) is 0.467. The lowest BCUT2D eigenvalue weighted by molar-refractivity contribution is -0.146. The SMILES string of the molecule is COC(=O)[C@H](Cc1cc(Cl)ccc1Br)NC(=O)[C@@H]1CCCO1. The topological polar surface area (TPSA) is 64.6 Å². The fourth-order valence-corrected chi connectivity index (χ4v) is 2.91. The van der Waals surface area contributed by atoms with Gasteiger partial charge in [-0.3, -0.25) is 4.79 Å². The third kappa shape index (κ3) is 4.44. The Bertz CT molecular complexity index is 560. The number of rotatable bonds is 5. The molecule has 1 aliphatic rings. The fourth-order valence-electron chi connectivity index (χ4n) is 2.30. The summed E-state index contributed by atoms with van der Waals surface area (Å²) in [5.41, 5.74) is 0.815. The van der Waals surface area contributed by atoms with Gasteiger partial charge in [0.05, 0.1) is 7.11 Å². The van der Waals surface area contributed by atoms with Crippen molar-refractivity contribution in [3.05, 3.63) is 33.3 Å². The van der Waals surface area contributed by atoms with E-state index in [1.54, 1.807) is 18.2 Å². The van der Waals surface area contributed by atoms with Crippen LogP contribution in [0.15, 0.2) is 22.7 Å². The molecule has 0 unspecified atom stereocenters. The zero-order valence-electron chi connectivity index (χ0n) is 12.1. The molecule has 0 saturated carbocycles. The number of ether oxygens (including phenoxy) is 2. The standard InChI is InChI=1S/C15H17BrClNO4/c1-21-15(20)12(18-14(19)13-3-2-6-22-13)8-9-7-10(17)4-5-11(9)16/h4-5,7,12-13H,2-3,6,8H2,1H3,(H,18,19)/t12-,13-/m0/s1. The molecule has 5 nitrogen and oxygen atoms in total. The van der Waals surface area contributed by atoms with Crippen LogP contribution < -0.4 is 5.32 Å². The minimum atomic E-state index is -0.781. The van der Waals surface area contributed by atoms with Gasteiger partial charge in [0, 0.05) is 22.5 Å². The summed E-state index contributed by atoms with van der Waals surface area (Å²) in [7, 11) is 1.29. The highest BCUT2D eigenvalue weighted by atomic mass is 79.9. The molecule has 0 aromatic heterocycles. The van der Waals surface area contributed by atoms with E-state index in [0.717, 1.165) is 16.5 Å².